The highest BCUT2D eigenvalue weighted by molar-refractivity contribution is 5.02. The van der Waals surface area contributed by atoms with Crippen LogP contribution in [0.3, 0.4) is 0 Å². The molecule has 1 rings (SSSR count). The quantitative estimate of drug-likeness (QED) is 0.585. The van der Waals surface area contributed by atoms with Gasteiger partial charge in [-0.2, -0.15) is 0 Å². The van der Waals surface area contributed by atoms with Crippen molar-refractivity contribution < 1.29 is 10.2 Å². The fraction of sp³-hybridized carbons (Fsp3) is 0.800. The molecule has 0 bridgehead atoms. The van der Waals surface area contributed by atoms with Crippen LogP contribution in [0, 0.1) is 5.92 Å². The van der Waals surface area contributed by atoms with Crippen molar-refractivity contribution in [3.8, 4) is 0 Å². The minimum absolute atomic E-state index is 0.389. The summed E-state index contributed by atoms with van der Waals surface area (Å²) in [7, 11) is 0. The molecule has 1 aliphatic rings. The molecule has 0 aromatic rings. The third-order valence-electron chi connectivity index (χ3n) is 2.92. The van der Waals surface area contributed by atoms with Crippen molar-refractivity contribution in [3.63, 3.8) is 0 Å². The van der Waals surface area contributed by atoms with Crippen LogP contribution in [0.25, 0.3) is 0 Å². The molecule has 0 radical (unpaired) electrons. The summed E-state index contributed by atoms with van der Waals surface area (Å²) in [5.74, 6) is 0.389. The Bertz CT molecular complexity index is 184. The van der Waals surface area contributed by atoms with E-state index in [0.29, 0.717) is 18.8 Å². The Labute approximate surface area is 73.9 Å². The second-order valence-corrected chi connectivity index (χ2v) is 4.19. The Morgan fingerprint density at radius 3 is 2.58 bits per heavy atom. The standard InChI is InChI=1S/C10H18O2/c1-7(2)8-4-5-10(3,12)9(11)6-8/h8-9,11-12H,1,4-6H2,2-3H3/t8-,9+,10-/m1/s1. The normalized spacial score (nSPS) is 42.7. The molecule has 12 heavy (non-hydrogen) atoms. The number of aliphatic hydroxyl groups excluding tert-OH is 1. The van der Waals surface area contributed by atoms with E-state index >= 15 is 0 Å². The minimum atomic E-state index is -0.883. The number of hydrogen-bond donors (Lipinski definition) is 2. The molecule has 1 saturated carbocycles. The first-order valence-electron chi connectivity index (χ1n) is 4.49. The predicted molar refractivity (Wildman–Crippen MR) is 48.8 cm³/mol. The van der Waals surface area contributed by atoms with Crippen LogP contribution in [0.15, 0.2) is 12.2 Å². The molecule has 0 saturated heterocycles. The number of hydrogen-bond acceptors (Lipinski definition) is 2. The molecule has 2 N–H and O–H groups in total. The van der Waals surface area contributed by atoms with E-state index in [9.17, 15) is 10.2 Å². The minimum Gasteiger partial charge on any atom is -0.390 e. The Kier molecular flexibility index (Phi) is 2.59. The lowest BCUT2D eigenvalue weighted by molar-refractivity contribution is -0.0952. The third kappa shape index (κ3) is 1.87. The molecule has 1 aliphatic carbocycles. The second kappa shape index (κ2) is 3.19. The summed E-state index contributed by atoms with van der Waals surface area (Å²) in [4.78, 5) is 0. The number of aliphatic hydroxyl groups is 2. The van der Waals surface area contributed by atoms with Gasteiger partial charge in [-0.05, 0) is 39.0 Å². The lowest BCUT2D eigenvalue weighted by Crippen LogP contribution is -2.44. The first-order valence-corrected chi connectivity index (χ1v) is 4.49. The van der Waals surface area contributed by atoms with E-state index in [1.54, 1.807) is 6.92 Å². The summed E-state index contributed by atoms with van der Waals surface area (Å²) < 4.78 is 0. The molecule has 2 heteroatoms. The highest BCUT2D eigenvalue weighted by atomic mass is 16.3. The van der Waals surface area contributed by atoms with E-state index in [0.717, 1.165) is 12.0 Å². The molecule has 0 spiro atoms. The summed E-state index contributed by atoms with van der Waals surface area (Å²) in [5.41, 5.74) is 0.232. The maximum Gasteiger partial charge on any atom is 0.0877 e. The average molecular weight is 170 g/mol. The van der Waals surface area contributed by atoms with Crippen molar-refractivity contribution in [1.29, 1.82) is 0 Å². The zero-order valence-electron chi connectivity index (χ0n) is 7.88. The molecule has 70 valence electrons. The van der Waals surface area contributed by atoms with Gasteiger partial charge in [0.1, 0.15) is 0 Å². The van der Waals surface area contributed by atoms with E-state index in [1.807, 2.05) is 6.92 Å². The molecule has 2 nitrogen and oxygen atoms in total. The van der Waals surface area contributed by atoms with Crippen molar-refractivity contribution >= 4 is 0 Å². The molecule has 0 heterocycles. The summed E-state index contributed by atoms with van der Waals surface area (Å²) in [6.07, 6.45) is 1.68. The fourth-order valence-electron chi connectivity index (χ4n) is 1.72. The van der Waals surface area contributed by atoms with Crippen molar-refractivity contribution in [2.45, 2.75) is 44.8 Å². The van der Waals surface area contributed by atoms with E-state index < -0.39 is 11.7 Å². The van der Waals surface area contributed by atoms with E-state index in [-0.39, 0.29) is 0 Å². The molecular weight excluding hydrogens is 152 g/mol. The summed E-state index contributed by atoms with van der Waals surface area (Å²) >= 11 is 0. The van der Waals surface area contributed by atoms with Crippen LogP contribution in [-0.4, -0.2) is 21.9 Å². The summed E-state index contributed by atoms with van der Waals surface area (Å²) in [5, 5.41) is 19.2. The van der Waals surface area contributed by atoms with Crippen LogP contribution < -0.4 is 0 Å². The van der Waals surface area contributed by atoms with Crippen molar-refractivity contribution in [2.24, 2.45) is 5.92 Å². The highest BCUT2D eigenvalue weighted by Crippen LogP contribution is 2.34. The van der Waals surface area contributed by atoms with Crippen LogP contribution in [0.2, 0.25) is 0 Å². The predicted octanol–water partition coefficient (Wildman–Crippen LogP) is 1.47. The Morgan fingerprint density at radius 2 is 2.17 bits per heavy atom. The van der Waals surface area contributed by atoms with Crippen molar-refractivity contribution in [2.75, 3.05) is 0 Å². The largest absolute Gasteiger partial charge is 0.390 e. The van der Waals surface area contributed by atoms with Crippen molar-refractivity contribution in [1.82, 2.24) is 0 Å². The van der Waals surface area contributed by atoms with Crippen LogP contribution in [0.1, 0.15) is 33.1 Å². The number of allylic oxidation sites excluding steroid dienone is 1. The molecule has 0 aromatic carbocycles. The molecule has 0 amide bonds. The maximum absolute atomic E-state index is 9.66. The molecule has 0 aromatic heterocycles. The first-order chi connectivity index (χ1) is 5.43. The van der Waals surface area contributed by atoms with Gasteiger partial charge in [0, 0.05) is 0 Å². The highest BCUT2D eigenvalue weighted by Gasteiger charge is 2.37. The SMILES string of the molecule is C=C(C)[C@@H]1CC[C@@](C)(O)[C@@H](O)C1. The van der Waals surface area contributed by atoms with E-state index in [2.05, 4.69) is 6.58 Å². The summed E-state index contributed by atoms with van der Waals surface area (Å²) in [6.45, 7) is 7.55. The van der Waals surface area contributed by atoms with Crippen molar-refractivity contribution in [3.05, 3.63) is 12.2 Å². The van der Waals surface area contributed by atoms with Gasteiger partial charge in [-0.1, -0.05) is 12.2 Å². The zero-order chi connectivity index (χ0) is 9.35. The van der Waals surface area contributed by atoms with Gasteiger partial charge in [0.05, 0.1) is 11.7 Å². The van der Waals surface area contributed by atoms with Gasteiger partial charge in [-0.3, -0.25) is 0 Å². The van der Waals surface area contributed by atoms with E-state index in [4.69, 9.17) is 0 Å². The van der Waals surface area contributed by atoms with Crippen LogP contribution >= 0.6 is 0 Å². The summed E-state index contributed by atoms with van der Waals surface area (Å²) in [6, 6.07) is 0. The first kappa shape index (κ1) is 9.75. The Balaban J connectivity index is 2.58. The molecule has 0 aliphatic heterocycles. The van der Waals surface area contributed by atoms with Crippen LogP contribution in [0.5, 0.6) is 0 Å². The average Bonchev–Trinajstić information content (AvgIpc) is 1.94. The zero-order valence-corrected chi connectivity index (χ0v) is 7.88. The molecule has 1 fully saturated rings. The molecule has 0 unspecified atom stereocenters. The lowest BCUT2D eigenvalue weighted by atomic mass is 9.75. The lowest BCUT2D eigenvalue weighted by Gasteiger charge is -2.38. The van der Waals surface area contributed by atoms with Gasteiger partial charge < -0.3 is 10.2 Å². The third-order valence-corrected chi connectivity index (χ3v) is 2.92. The van der Waals surface area contributed by atoms with Gasteiger partial charge in [0.2, 0.25) is 0 Å². The van der Waals surface area contributed by atoms with Crippen LogP contribution in [-0.2, 0) is 0 Å². The smallest absolute Gasteiger partial charge is 0.0877 e. The topological polar surface area (TPSA) is 40.5 Å². The van der Waals surface area contributed by atoms with Gasteiger partial charge in [-0.15, -0.1) is 0 Å². The van der Waals surface area contributed by atoms with E-state index in [1.165, 1.54) is 0 Å². The van der Waals surface area contributed by atoms with Gasteiger partial charge in [0.15, 0.2) is 0 Å². The maximum atomic E-state index is 9.66. The Hall–Kier alpha value is -0.340. The monoisotopic (exact) mass is 170 g/mol. The van der Waals surface area contributed by atoms with Crippen LogP contribution in [0.4, 0.5) is 0 Å². The van der Waals surface area contributed by atoms with Gasteiger partial charge in [0.25, 0.3) is 0 Å². The number of rotatable bonds is 1. The second-order valence-electron chi connectivity index (χ2n) is 4.19. The molecular formula is C10H18O2. The molecule has 3 atom stereocenters. The van der Waals surface area contributed by atoms with Gasteiger partial charge >= 0.3 is 0 Å². The Morgan fingerprint density at radius 1 is 1.58 bits per heavy atom. The fourth-order valence-corrected chi connectivity index (χ4v) is 1.72. The van der Waals surface area contributed by atoms with Gasteiger partial charge in [-0.25, -0.2) is 0 Å².